The van der Waals surface area contributed by atoms with Gasteiger partial charge in [-0.2, -0.15) is 0 Å². The van der Waals surface area contributed by atoms with Crippen molar-refractivity contribution in [2.24, 2.45) is 0 Å². The molecule has 0 atom stereocenters. The van der Waals surface area contributed by atoms with Gasteiger partial charge >= 0.3 is 11.9 Å². The summed E-state index contributed by atoms with van der Waals surface area (Å²) in [6, 6.07) is 7.63. The van der Waals surface area contributed by atoms with Gasteiger partial charge in [0, 0.05) is 6.08 Å². The number of ether oxygens (including phenoxy) is 2. The molecule has 2 aromatic rings. The van der Waals surface area contributed by atoms with Crippen molar-refractivity contribution in [2.45, 2.75) is 6.92 Å². The van der Waals surface area contributed by atoms with Gasteiger partial charge in [-0.25, -0.2) is 9.59 Å². The van der Waals surface area contributed by atoms with Gasteiger partial charge in [-0.05, 0) is 43.3 Å². The van der Waals surface area contributed by atoms with E-state index in [2.05, 4.69) is 14.8 Å². The van der Waals surface area contributed by atoms with Crippen LogP contribution in [0, 0.1) is 6.92 Å². The number of carbonyl (C=O) groups excluding carboxylic acids is 3. The Hall–Kier alpha value is -3.35. The second-order valence-corrected chi connectivity index (χ2v) is 5.01. The molecule has 2 rings (SSSR count). The number of hydrogen-bond acceptors (Lipinski definition) is 6. The number of furan rings is 1. The van der Waals surface area contributed by atoms with Crippen LogP contribution in [0.1, 0.15) is 32.2 Å². The summed E-state index contributed by atoms with van der Waals surface area (Å²) in [6.07, 6.45) is 2.74. The van der Waals surface area contributed by atoms with Crippen molar-refractivity contribution >= 4 is 29.6 Å². The fraction of sp³-hybridized carbons (Fsp3) is 0.167. The molecule has 1 N–H and O–H groups in total. The SMILES string of the molecule is COC(=O)c1ccc(C(=O)OC)c(NC(=O)/C=C/c2ccc(C)o2)c1. The highest BCUT2D eigenvalue weighted by molar-refractivity contribution is 6.07. The fourth-order valence-electron chi connectivity index (χ4n) is 2.06. The van der Waals surface area contributed by atoms with Gasteiger partial charge in [0.15, 0.2) is 0 Å². The molecule has 0 bridgehead atoms. The fourth-order valence-corrected chi connectivity index (χ4v) is 2.06. The number of anilines is 1. The van der Waals surface area contributed by atoms with Crippen molar-refractivity contribution in [3.63, 3.8) is 0 Å². The summed E-state index contributed by atoms with van der Waals surface area (Å²) in [5.41, 5.74) is 0.446. The third-order valence-corrected chi connectivity index (χ3v) is 3.26. The molecule has 0 fully saturated rings. The Morgan fingerprint density at radius 3 is 2.36 bits per heavy atom. The third-order valence-electron chi connectivity index (χ3n) is 3.26. The number of hydrogen-bond donors (Lipinski definition) is 1. The minimum atomic E-state index is -0.641. The highest BCUT2D eigenvalue weighted by Gasteiger charge is 2.16. The lowest BCUT2D eigenvalue weighted by Crippen LogP contribution is -2.14. The molecule has 7 nitrogen and oxygen atoms in total. The first-order valence-corrected chi connectivity index (χ1v) is 7.30. The summed E-state index contributed by atoms with van der Waals surface area (Å²) in [5, 5.41) is 2.55. The average Bonchev–Trinajstić information content (AvgIpc) is 3.04. The van der Waals surface area contributed by atoms with E-state index in [9.17, 15) is 14.4 Å². The summed E-state index contributed by atoms with van der Waals surface area (Å²) >= 11 is 0. The Labute approximate surface area is 144 Å². The van der Waals surface area contributed by atoms with Crippen molar-refractivity contribution in [1.82, 2.24) is 0 Å². The Morgan fingerprint density at radius 1 is 1.04 bits per heavy atom. The number of amides is 1. The molecule has 1 amide bonds. The minimum absolute atomic E-state index is 0.116. The molecule has 7 heteroatoms. The van der Waals surface area contributed by atoms with Crippen LogP contribution in [0.5, 0.6) is 0 Å². The van der Waals surface area contributed by atoms with Crippen LogP contribution in [0.15, 0.2) is 40.8 Å². The molecule has 0 aliphatic rings. The average molecular weight is 343 g/mol. The van der Waals surface area contributed by atoms with Crippen LogP contribution in [0.2, 0.25) is 0 Å². The number of nitrogens with one attached hydrogen (secondary N) is 1. The van der Waals surface area contributed by atoms with Crippen LogP contribution >= 0.6 is 0 Å². The van der Waals surface area contributed by atoms with Gasteiger partial charge in [0.1, 0.15) is 11.5 Å². The van der Waals surface area contributed by atoms with E-state index in [0.717, 1.165) is 5.76 Å². The van der Waals surface area contributed by atoms with Crippen LogP contribution < -0.4 is 5.32 Å². The zero-order chi connectivity index (χ0) is 18.4. The van der Waals surface area contributed by atoms with Gasteiger partial charge in [-0.15, -0.1) is 0 Å². The van der Waals surface area contributed by atoms with Gasteiger partial charge in [0.25, 0.3) is 0 Å². The Morgan fingerprint density at radius 2 is 1.76 bits per heavy atom. The molecule has 0 saturated carbocycles. The van der Waals surface area contributed by atoms with Gasteiger partial charge < -0.3 is 19.2 Å². The smallest absolute Gasteiger partial charge is 0.339 e. The quantitative estimate of drug-likeness (QED) is 0.662. The minimum Gasteiger partial charge on any atom is -0.465 e. The maximum Gasteiger partial charge on any atom is 0.339 e. The number of methoxy groups -OCH3 is 2. The summed E-state index contributed by atoms with van der Waals surface area (Å²) in [7, 11) is 2.46. The molecule has 1 aromatic carbocycles. The Bertz CT molecular complexity index is 834. The van der Waals surface area contributed by atoms with Crippen LogP contribution in [0.25, 0.3) is 6.08 Å². The van der Waals surface area contributed by atoms with Crippen LogP contribution in [-0.2, 0) is 14.3 Å². The number of carbonyl (C=O) groups is 3. The van der Waals surface area contributed by atoms with E-state index in [1.807, 2.05) is 0 Å². The maximum atomic E-state index is 12.1. The van der Waals surface area contributed by atoms with Crippen molar-refractivity contribution in [3.05, 3.63) is 59.1 Å². The van der Waals surface area contributed by atoms with E-state index in [1.54, 1.807) is 19.1 Å². The summed E-state index contributed by atoms with van der Waals surface area (Å²) in [6.45, 7) is 1.79. The molecule has 130 valence electrons. The monoisotopic (exact) mass is 343 g/mol. The van der Waals surface area contributed by atoms with Crippen LogP contribution in [-0.4, -0.2) is 32.1 Å². The number of rotatable bonds is 5. The molecule has 1 heterocycles. The first-order chi connectivity index (χ1) is 11.9. The molecule has 0 saturated heterocycles. The summed E-state index contributed by atoms with van der Waals surface area (Å²) < 4.78 is 14.6. The molecule has 0 aliphatic heterocycles. The zero-order valence-corrected chi connectivity index (χ0v) is 14.0. The Kier molecular flexibility index (Phi) is 5.73. The third kappa shape index (κ3) is 4.57. The standard InChI is InChI=1S/C18H17NO6/c1-11-4-6-13(25-11)7-9-16(20)19-15-10-12(17(21)23-2)5-8-14(15)18(22)24-3/h4-10H,1-3H3,(H,19,20)/b9-7+. The predicted molar refractivity (Wildman–Crippen MR) is 90.2 cm³/mol. The molecular weight excluding hydrogens is 326 g/mol. The van der Waals surface area contributed by atoms with Crippen molar-refractivity contribution in [3.8, 4) is 0 Å². The molecule has 1 aromatic heterocycles. The summed E-state index contributed by atoms with van der Waals surface area (Å²) in [4.78, 5) is 35.6. The predicted octanol–water partition coefficient (Wildman–Crippen LogP) is 2.81. The summed E-state index contributed by atoms with van der Waals surface area (Å²) in [5.74, 6) is -0.491. The van der Waals surface area contributed by atoms with E-state index in [-0.39, 0.29) is 16.8 Å². The van der Waals surface area contributed by atoms with E-state index in [1.165, 1.54) is 44.6 Å². The van der Waals surface area contributed by atoms with E-state index < -0.39 is 17.8 Å². The molecule has 0 unspecified atom stereocenters. The topological polar surface area (TPSA) is 94.8 Å². The van der Waals surface area contributed by atoms with E-state index in [0.29, 0.717) is 5.76 Å². The number of esters is 2. The zero-order valence-electron chi connectivity index (χ0n) is 14.0. The van der Waals surface area contributed by atoms with Gasteiger partial charge in [0.2, 0.25) is 5.91 Å². The normalized spacial score (nSPS) is 10.5. The first-order valence-electron chi connectivity index (χ1n) is 7.30. The van der Waals surface area contributed by atoms with Crippen LogP contribution in [0.4, 0.5) is 5.69 Å². The molecule has 0 spiro atoms. The molecule has 0 aliphatic carbocycles. The highest BCUT2D eigenvalue weighted by atomic mass is 16.5. The highest BCUT2D eigenvalue weighted by Crippen LogP contribution is 2.20. The van der Waals surface area contributed by atoms with E-state index in [4.69, 9.17) is 4.42 Å². The van der Waals surface area contributed by atoms with Crippen molar-refractivity contribution < 1.29 is 28.3 Å². The van der Waals surface area contributed by atoms with Gasteiger partial charge in [0.05, 0.1) is 31.0 Å². The molecule has 0 radical (unpaired) electrons. The lowest BCUT2D eigenvalue weighted by Gasteiger charge is -2.10. The van der Waals surface area contributed by atoms with Crippen LogP contribution in [0.3, 0.4) is 0 Å². The number of benzene rings is 1. The second kappa shape index (κ2) is 7.96. The van der Waals surface area contributed by atoms with Crippen molar-refractivity contribution in [1.29, 1.82) is 0 Å². The Balaban J connectivity index is 2.25. The molecule has 25 heavy (non-hydrogen) atoms. The number of aryl methyl sites for hydroxylation is 1. The second-order valence-electron chi connectivity index (χ2n) is 5.01. The lowest BCUT2D eigenvalue weighted by atomic mass is 10.1. The maximum absolute atomic E-state index is 12.1. The first kappa shape index (κ1) is 18.0. The lowest BCUT2D eigenvalue weighted by molar-refractivity contribution is -0.111. The van der Waals surface area contributed by atoms with Crippen molar-refractivity contribution in [2.75, 3.05) is 19.5 Å². The van der Waals surface area contributed by atoms with E-state index >= 15 is 0 Å². The largest absolute Gasteiger partial charge is 0.465 e. The molecular formula is C18H17NO6. The van der Waals surface area contributed by atoms with Gasteiger partial charge in [-0.3, -0.25) is 4.79 Å². The van der Waals surface area contributed by atoms with Gasteiger partial charge in [-0.1, -0.05) is 0 Å².